The van der Waals surface area contributed by atoms with Crippen LogP contribution in [0.25, 0.3) is 4.85 Å². The van der Waals surface area contributed by atoms with Gasteiger partial charge in [0.1, 0.15) is 11.9 Å². The van der Waals surface area contributed by atoms with Gasteiger partial charge in [-0.1, -0.05) is 49.2 Å². The first kappa shape index (κ1) is 22.2. The second-order valence-corrected chi connectivity index (χ2v) is 11.3. The summed E-state index contributed by atoms with van der Waals surface area (Å²) < 4.78 is 6.18. The maximum absolute atomic E-state index is 7.10. The molecule has 34 heavy (non-hydrogen) atoms. The largest absolute Gasteiger partial charge is 0.490 e. The third kappa shape index (κ3) is 3.95. The fraction of sp³-hybridized carbons (Fsp3) is 0.581. The lowest BCUT2D eigenvalue weighted by molar-refractivity contribution is -0.0132. The molecule has 1 unspecified atom stereocenters. The summed E-state index contributed by atoms with van der Waals surface area (Å²) in [7, 11) is 0. The van der Waals surface area contributed by atoms with Crippen molar-refractivity contribution in [1.29, 1.82) is 0 Å². The summed E-state index contributed by atoms with van der Waals surface area (Å²) in [5.41, 5.74) is 4.53. The van der Waals surface area contributed by atoms with Crippen molar-refractivity contribution in [2.45, 2.75) is 88.2 Å². The molecular weight excluding hydrogens is 416 g/mol. The van der Waals surface area contributed by atoms with E-state index in [0.29, 0.717) is 23.2 Å². The highest BCUT2D eigenvalue weighted by molar-refractivity contribution is 5.47. The SMILES string of the molecule is [C-]#[N+]c1ccc(OC2CC(N3CCC(C4(C5CCCC5)CCCc5ccccc54)CC3)C2)cc1. The van der Waals surface area contributed by atoms with Crippen LogP contribution in [-0.4, -0.2) is 30.1 Å². The minimum atomic E-state index is 0.330. The van der Waals surface area contributed by atoms with Gasteiger partial charge in [0.05, 0.1) is 6.57 Å². The Morgan fingerprint density at radius 3 is 2.29 bits per heavy atom. The molecule has 3 nitrogen and oxygen atoms in total. The van der Waals surface area contributed by atoms with E-state index in [-0.39, 0.29) is 0 Å². The van der Waals surface area contributed by atoms with Crippen LogP contribution in [0.5, 0.6) is 5.75 Å². The fourth-order valence-corrected chi connectivity index (χ4v) is 8.02. The van der Waals surface area contributed by atoms with Gasteiger partial charge in [-0.2, -0.15) is 0 Å². The number of aryl methyl sites for hydroxylation is 1. The zero-order valence-corrected chi connectivity index (χ0v) is 20.4. The van der Waals surface area contributed by atoms with Crippen molar-refractivity contribution in [3.8, 4) is 5.75 Å². The van der Waals surface area contributed by atoms with Gasteiger partial charge in [0.15, 0.2) is 5.69 Å². The molecule has 3 aliphatic carbocycles. The molecule has 178 valence electrons. The van der Waals surface area contributed by atoms with Crippen molar-refractivity contribution < 1.29 is 4.74 Å². The lowest BCUT2D eigenvalue weighted by atomic mass is 9.54. The summed E-state index contributed by atoms with van der Waals surface area (Å²) in [6, 6.07) is 17.8. The lowest BCUT2D eigenvalue weighted by Gasteiger charge is -2.53. The van der Waals surface area contributed by atoms with Crippen molar-refractivity contribution in [2.24, 2.45) is 11.8 Å². The van der Waals surface area contributed by atoms with E-state index in [0.717, 1.165) is 30.4 Å². The molecule has 4 aliphatic rings. The Morgan fingerprint density at radius 1 is 0.853 bits per heavy atom. The first-order valence-electron chi connectivity index (χ1n) is 13.7. The van der Waals surface area contributed by atoms with Gasteiger partial charge in [-0.05, 0) is 93.1 Å². The highest BCUT2D eigenvalue weighted by Crippen LogP contribution is 2.55. The molecule has 3 fully saturated rings. The molecule has 2 aromatic rings. The summed E-state index contributed by atoms with van der Waals surface area (Å²) in [4.78, 5) is 6.24. The van der Waals surface area contributed by atoms with Crippen molar-refractivity contribution in [2.75, 3.05) is 13.1 Å². The number of fused-ring (bicyclic) bond motifs is 1. The van der Waals surface area contributed by atoms with Gasteiger partial charge in [-0.3, -0.25) is 0 Å². The highest BCUT2D eigenvalue weighted by Gasteiger charge is 2.50. The Kier molecular flexibility index (Phi) is 6.12. The monoisotopic (exact) mass is 454 g/mol. The number of benzene rings is 2. The summed E-state index contributed by atoms with van der Waals surface area (Å²) in [6.45, 7) is 9.62. The van der Waals surface area contributed by atoms with Crippen LogP contribution in [0.3, 0.4) is 0 Å². The van der Waals surface area contributed by atoms with Gasteiger partial charge in [0.2, 0.25) is 0 Å². The number of hydrogen-bond donors (Lipinski definition) is 0. The summed E-state index contributed by atoms with van der Waals surface area (Å²) >= 11 is 0. The molecule has 1 atom stereocenters. The van der Waals surface area contributed by atoms with E-state index in [1.54, 1.807) is 11.1 Å². The van der Waals surface area contributed by atoms with Crippen LogP contribution in [0.2, 0.25) is 0 Å². The molecule has 1 aliphatic heterocycles. The van der Waals surface area contributed by atoms with Crippen molar-refractivity contribution in [3.05, 3.63) is 71.1 Å². The second kappa shape index (κ2) is 9.38. The van der Waals surface area contributed by atoms with Crippen LogP contribution in [0, 0.1) is 18.4 Å². The van der Waals surface area contributed by atoms with Crippen LogP contribution in [0.1, 0.15) is 75.3 Å². The predicted molar refractivity (Wildman–Crippen MR) is 137 cm³/mol. The number of rotatable bonds is 5. The first-order valence-corrected chi connectivity index (χ1v) is 13.7. The van der Waals surface area contributed by atoms with E-state index in [2.05, 4.69) is 34.0 Å². The van der Waals surface area contributed by atoms with Crippen LogP contribution in [-0.2, 0) is 11.8 Å². The number of hydrogen-bond acceptors (Lipinski definition) is 2. The molecule has 0 aromatic heterocycles. The van der Waals surface area contributed by atoms with Gasteiger partial charge in [-0.25, -0.2) is 4.85 Å². The molecule has 2 saturated carbocycles. The first-order chi connectivity index (χ1) is 16.8. The molecule has 1 saturated heterocycles. The van der Waals surface area contributed by atoms with Crippen LogP contribution < -0.4 is 4.74 Å². The molecule has 0 spiro atoms. The van der Waals surface area contributed by atoms with E-state index in [1.165, 1.54) is 70.9 Å². The van der Waals surface area contributed by atoms with Gasteiger partial charge in [0.25, 0.3) is 0 Å². The lowest BCUT2D eigenvalue weighted by Crippen LogP contribution is -2.54. The van der Waals surface area contributed by atoms with E-state index >= 15 is 0 Å². The highest BCUT2D eigenvalue weighted by atomic mass is 16.5. The smallest absolute Gasteiger partial charge is 0.187 e. The Hall–Kier alpha value is -2.31. The summed E-state index contributed by atoms with van der Waals surface area (Å²) in [6.07, 6.45) is 15.2. The molecule has 0 radical (unpaired) electrons. The fourth-order valence-electron chi connectivity index (χ4n) is 8.02. The number of likely N-dealkylation sites (tertiary alicyclic amines) is 1. The molecule has 3 heteroatoms. The quantitative estimate of drug-likeness (QED) is 0.440. The molecule has 6 rings (SSSR count). The Labute approximate surface area is 205 Å². The van der Waals surface area contributed by atoms with E-state index in [9.17, 15) is 0 Å². The third-order valence-electron chi connectivity index (χ3n) is 9.75. The molecule has 0 amide bonds. The van der Waals surface area contributed by atoms with Crippen LogP contribution >= 0.6 is 0 Å². The minimum Gasteiger partial charge on any atom is -0.490 e. The number of ether oxygens (including phenoxy) is 1. The van der Waals surface area contributed by atoms with Gasteiger partial charge < -0.3 is 9.64 Å². The van der Waals surface area contributed by atoms with Gasteiger partial charge >= 0.3 is 0 Å². The average Bonchev–Trinajstić information content (AvgIpc) is 3.42. The van der Waals surface area contributed by atoms with Crippen LogP contribution in [0.4, 0.5) is 5.69 Å². The Morgan fingerprint density at radius 2 is 1.56 bits per heavy atom. The van der Waals surface area contributed by atoms with E-state index in [4.69, 9.17) is 11.3 Å². The van der Waals surface area contributed by atoms with Gasteiger partial charge in [-0.15, -0.1) is 0 Å². The molecule has 2 aromatic carbocycles. The standard InChI is InChI=1S/C31H38N2O/c1-32-26-12-14-28(15-13-26)34-29-21-27(22-29)33-19-16-25(17-20-33)31(24-9-3-4-10-24)18-6-8-23-7-2-5-11-30(23)31/h2,5,7,11-15,24-25,27,29H,3-4,6,8-10,16-22H2. The summed E-state index contributed by atoms with van der Waals surface area (Å²) in [5, 5.41) is 0. The molecular formula is C31H38N2O. The van der Waals surface area contributed by atoms with Crippen molar-refractivity contribution in [1.82, 2.24) is 4.90 Å². The van der Waals surface area contributed by atoms with E-state index in [1.807, 2.05) is 24.3 Å². The second-order valence-electron chi connectivity index (χ2n) is 11.3. The zero-order valence-electron chi connectivity index (χ0n) is 20.4. The summed E-state index contributed by atoms with van der Waals surface area (Å²) in [5.74, 6) is 2.66. The third-order valence-corrected chi connectivity index (χ3v) is 9.75. The van der Waals surface area contributed by atoms with Gasteiger partial charge in [0, 0.05) is 24.3 Å². The maximum Gasteiger partial charge on any atom is 0.187 e. The minimum absolute atomic E-state index is 0.330. The molecule has 1 heterocycles. The number of nitrogens with zero attached hydrogens (tertiary/aromatic N) is 2. The van der Waals surface area contributed by atoms with Crippen molar-refractivity contribution >= 4 is 5.69 Å². The maximum atomic E-state index is 7.10. The topological polar surface area (TPSA) is 16.8 Å². The number of piperidine rings is 1. The normalized spacial score (nSPS) is 30.3. The van der Waals surface area contributed by atoms with Crippen LogP contribution in [0.15, 0.2) is 48.5 Å². The van der Waals surface area contributed by atoms with Crippen molar-refractivity contribution in [3.63, 3.8) is 0 Å². The predicted octanol–water partition coefficient (Wildman–Crippen LogP) is 7.32. The zero-order chi connectivity index (χ0) is 23.0. The molecule has 0 N–H and O–H groups in total. The molecule has 0 bridgehead atoms. The Balaban J connectivity index is 1.09. The average molecular weight is 455 g/mol. The Bertz CT molecular complexity index is 1020. The van der Waals surface area contributed by atoms with E-state index < -0.39 is 0 Å².